The summed E-state index contributed by atoms with van der Waals surface area (Å²) in [6.45, 7) is 10.0. The molecule has 1 aromatic carbocycles. The number of allylic oxidation sites excluding steroid dienone is 1. The van der Waals surface area contributed by atoms with Gasteiger partial charge in [0.15, 0.2) is 0 Å². The Morgan fingerprint density at radius 1 is 1.43 bits per heavy atom. The summed E-state index contributed by atoms with van der Waals surface area (Å²) in [5.74, 6) is 0.516. The number of rotatable bonds is 5. The van der Waals surface area contributed by atoms with Gasteiger partial charge in [-0.15, -0.1) is 0 Å². The van der Waals surface area contributed by atoms with Gasteiger partial charge in [0.25, 0.3) is 9.05 Å². The van der Waals surface area contributed by atoms with Crippen molar-refractivity contribution in [1.82, 2.24) is 4.57 Å². The highest BCUT2D eigenvalue weighted by molar-refractivity contribution is 8.14. The number of benzene rings is 1. The second-order valence-corrected chi connectivity index (χ2v) is 7.87. The van der Waals surface area contributed by atoms with Crippen LogP contribution in [0.15, 0.2) is 41.4 Å². The topological polar surface area (TPSA) is 48.3 Å². The molecule has 0 aliphatic rings. The quantitative estimate of drug-likeness (QED) is 0.617. The first-order chi connectivity index (χ1) is 9.70. The van der Waals surface area contributed by atoms with E-state index in [2.05, 4.69) is 6.58 Å². The second-order valence-electron chi connectivity index (χ2n) is 5.33. The second kappa shape index (κ2) is 5.73. The lowest BCUT2D eigenvalue weighted by Gasteiger charge is -2.12. The highest BCUT2D eigenvalue weighted by Crippen LogP contribution is 2.35. The van der Waals surface area contributed by atoms with Gasteiger partial charge in [-0.3, -0.25) is 0 Å². The predicted octanol–water partition coefficient (Wildman–Crippen LogP) is 3.93. The zero-order chi connectivity index (χ0) is 15.8. The van der Waals surface area contributed by atoms with Crippen LogP contribution in [0.1, 0.15) is 20.8 Å². The maximum atomic E-state index is 11.9. The van der Waals surface area contributed by atoms with E-state index in [0.29, 0.717) is 17.7 Å². The van der Waals surface area contributed by atoms with Crippen LogP contribution in [0.2, 0.25) is 0 Å². The molecule has 0 saturated carbocycles. The van der Waals surface area contributed by atoms with Crippen LogP contribution in [0.3, 0.4) is 0 Å². The first-order valence-electron chi connectivity index (χ1n) is 6.57. The monoisotopic (exact) mass is 327 g/mol. The van der Waals surface area contributed by atoms with Crippen molar-refractivity contribution in [3.05, 3.63) is 36.5 Å². The molecule has 2 aromatic rings. The Morgan fingerprint density at radius 2 is 2.10 bits per heavy atom. The third-order valence-electron chi connectivity index (χ3n) is 2.90. The van der Waals surface area contributed by atoms with Crippen LogP contribution in [-0.2, 0) is 15.6 Å². The fourth-order valence-electron chi connectivity index (χ4n) is 2.24. The summed E-state index contributed by atoms with van der Waals surface area (Å²) < 4.78 is 31.3. The smallest absolute Gasteiger partial charge is 0.263 e. The summed E-state index contributed by atoms with van der Waals surface area (Å²) in [5.41, 5.74) is 1.68. The van der Waals surface area contributed by atoms with E-state index in [1.54, 1.807) is 6.07 Å². The Morgan fingerprint density at radius 3 is 2.62 bits per heavy atom. The van der Waals surface area contributed by atoms with Crippen molar-refractivity contribution < 1.29 is 13.2 Å². The molecule has 0 atom stereocenters. The Bertz CT molecular complexity index is 791. The van der Waals surface area contributed by atoms with Crippen LogP contribution in [0.25, 0.3) is 10.9 Å². The molecular formula is C15H18ClNO3S. The van der Waals surface area contributed by atoms with Crippen LogP contribution in [0.5, 0.6) is 5.75 Å². The standard InChI is InChI=1S/C15H18ClNO3S/c1-10(2)8-17-9-14(21(16,18)19)15-12(17)6-5-7-13(15)20-11(3)4/h5-7,9,11H,1,8H2,2-4H3. The van der Waals surface area contributed by atoms with E-state index in [4.69, 9.17) is 15.4 Å². The number of fused-ring (bicyclic) bond motifs is 1. The van der Waals surface area contributed by atoms with E-state index in [9.17, 15) is 8.42 Å². The molecule has 0 N–H and O–H groups in total. The van der Waals surface area contributed by atoms with Crippen LogP contribution < -0.4 is 4.74 Å². The lowest BCUT2D eigenvalue weighted by Crippen LogP contribution is -2.06. The third-order valence-corrected chi connectivity index (χ3v) is 4.23. The van der Waals surface area contributed by atoms with Crippen molar-refractivity contribution in [2.75, 3.05) is 0 Å². The maximum absolute atomic E-state index is 11.9. The van der Waals surface area contributed by atoms with Crippen molar-refractivity contribution in [1.29, 1.82) is 0 Å². The van der Waals surface area contributed by atoms with Gasteiger partial charge in [-0.1, -0.05) is 18.2 Å². The van der Waals surface area contributed by atoms with Gasteiger partial charge in [-0.05, 0) is 32.9 Å². The molecule has 0 saturated heterocycles. The first kappa shape index (κ1) is 15.9. The van der Waals surface area contributed by atoms with Gasteiger partial charge in [-0.2, -0.15) is 0 Å². The number of nitrogens with zero attached hydrogens (tertiary/aromatic N) is 1. The van der Waals surface area contributed by atoms with Gasteiger partial charge in [0.1, 0.15) is 10.6 Å². The van der Waals surface area contributed by atoms with Crippen LogP contribution in [0.4, 0.5) is 0 Å². The molecule has 0 aliphatic heterocycles. The molecule has 0 aliphatic carbocycles. The molecule has 0 spiro atoms. The molecule has 114 valence electrons. The van der Waals surface area contributed by atoms with Crippen LogP contribution in [-0.4, -0.2) is 19.1 Å². The van der Waals surface area contributed by atoms with Crippen molar-refractivity contribution in [2.24, 2.45) is 0 Å². The molecular weight excluding hydrogens is 310 g/mol. The van der Waals surface area contributed by atoms with Gasteiger partial charge >= 0.3 is 0 Å². The van der Waals surface area contributed by atoms with Crippen LogP contribution >= 0.6 is 10.7 Å². The van der Waals surface area contributed by atoms with Crippen LogP contribution in [0, 0.1) is 0 Å². The SMILES string of the molecule is C=C(C)Cn1cc(S(=O)(=O)Cl)c2c(OC(C)C)cccc21. The number of aromatic nitrogens is 1. The van der Waals surface area contributed by atoms with Crippen molar-refractivity contribution in [3.8, 4) is 5.75 Å². The number of hydrogen-bond donors (Lipinski definition) is 0. The van der Waals surface area contributed by atoms with Gasteiger partial charge in [0, 0.05) is 23.4 Å². The number of halogens is 1. The summed E-state index contributed by atoms with van der Waals surface area (Å²) in [6.07, 6.45) is 1.47. The molecule has 1 aromatic heterocycles. The minimum atomic E-state index is -3.86. The van der Waals surface area contributed by atoms with Crippen molar-refractivity contribution >= 4 is 30.6 Å². The van der Waals surface area contributed by atoms with Crippen molar-refractivity contribution in [3.63, 3.8) is 0 Å². The third kappa shape index (κ3) is 3.41. The average Bonchev–Trinajstić information content (AvgIpc) is 2.68. The summed E-state index contributed by atoms with van der Waals surface area (Å²) >= 11 is 0. The van der Waals surface area contributed by atoms with E-state index >= 15 is 0 Å². The molecule has 4 nitrogen and oxygen atoms in total. The summed E-state index contributed by atoms with van der Waals surface area (Å²) in [4.78, 5) is 0.0664. The van der Waals surface area contributed by atoms with E-state index in [1.807, 2.05) is 37.5 Å². The minimum absolute atomic E-state index is 0.0639. The van der Waals surface area contributed by atoms with Gasteiger partial charge in [-0.25, -0.2) is 8.42 Å². The highest BCUT2D eigenvalue weighted by Gasteiger charge is 2.22. The summed E-state index contributed by atoms with van der Waals surface area (Å²) in [5, 5.41) is 0.516. The molecule has 0 fully saturated rings. The zero-order valence-electron chi connectivity index (χ0n) is 12.3. The van der Waals surface area contributed by atoms with E-state index < -0.39 is 9.05 Å². The summed E-state index contributed by atoms with van der Waals surface area (Å²) in [6, 6.07) is 5.43. The van der Waals surface area contributed by atoms with E-state index in [-0.39, 0.29) is 11.0 Å². The number of ether oxygens (including phenoxy) is 1. The zero-order valence-corrected chi connectivity index (χ0v) is 13.8. The van der Waals surface area contributed by atoms with E-state index in [1.165, 1.54) is 6.20 Å². The molecule has 6 heteroatoms. The largest absolute Gasteiger partial charge is 0.490 e. The van der Waals surface area contributed by atoms with Gasteiger partial charge in [0.05, 0.1) is 17.0 Å². The fourth-order valence-corrected chi connectivity index (χ4v) is 3.29. The molecule has 1 heterocycles. The number of hydrogen-bond acceptors (Lipinski definition) is 3. The minimum Gasteiger partial charge on any atom is -0.490 e. The lowest BCUT2D eigenvalue weighted by atomic mass is 10.2. The molecule has 21 heavy (non-hydrogen) atoms. The van der Waals surface area contributed by atoms with Gasteiger partial charge < -0.3 is 9.30 Å². The Kier molecular flexibility index (Phi) is 4.35. The molecule has 2 rings (SSSR count). The lowest BCUT2D eigenvalue weighted by molar-refractivity contribution is 0.245. The summed E-state index contributed by atoms with van der Waals surface area (Å²) in [7, 11) is 1.72. The van der Waals surface area contributed by atoms with Crippen molar-refractivity contribution in [2.45, 2.75) is 38.3 Å². The fraction of sp³-hybridized carbons (Fsp3) is 0.333. The van der Waals surface area contributed by atoms with E-state index in [0.717, 1.165) is 11.1 Å². The molecule has 0 radical (unpaired) electrons. The Balaban J connectivity index is 2.78. The predicted molar refractivity (Wildman–Crippen MR) is 85.6 cm³/mol. The molecule has 0 bridgehead atoms. The highest BCUT2D eigenvalue weighted by atomic mass is 35.7. The molecule has 0 amide bonds. The average molecular weight is 328 g/mol. The normalized spacial score (nSPS) is 12.0. The maximum Gasteiger partial charge on any atom is 0.263 e. The Labute approximate surface area is 129 Å². The first-order valence-corrected chi connectivity index (χ1v) is 8.88. The Hall–Kier alpha value is -1.46. The molecule has 0 unspecified atom stereocenters. The van der Waals surface area contributed by atoms with Gasteiger partial charge in [0.2, 0.25) is 0 Å².